The fourth-order valence-electron chi connectivity index (χ4n) is 3.64. The van der Waals surface area contributed by atoms with Crippen molar-refractivity contribution in [1.82, 2.24) is 5.01 Å². The summed E-state index contributed by atoms with van der Waals surface area (Å²) in [5, 5.41) is 23.6. The highest BCUT2D eigenvalue weighted by Crippen LogP contribution is 2.32. The number of fused-ring (bicyclic) bond motifs is 1. The van der Waals surface area contributed by atoms with Crippen LogP contribution in [0.5, 0.6) is 0 Å². The zero-order valence-corrected chi connectivity index (χ0v) is 14.5. The Kier molecular flexibility index (Phi) is 4.39. The van der Waals surface area contributed by atoms with Crippen LogP contribution in [-0.2, 0) is 6.54 Å². The van der Waals surface area contributed by atoms with Gasteiger partial charge in [-0.2, -0.15) is 5.26 Å². The average molecular weight is 340 g/mol. The SMILES string of the molecule is N#Cc1ccc(N2CCCN2Cc2ccc(C=N)cc2)c2ccccc12. The van der Waals surface area contributed by atoms with Crippen molar-refractivity contribution in [3.8, 4) is 6.07 Å². The van der Waals surface area contributed by atoms with E-state index >= 15 is 0 Å². The van der Waals surface area contributed by atoms with E-state index < -0.39 is 0 Å². The molecule has 26 heavy (non-hydrogen) atoms. The van der Waals surface area contributed by atoms with Crippen molar-refractivity contribution in [2.75, 3.05) is 18.1 Å². The molecule has 4 nitrogen and oxygen atoms in total. The lowest BCUT2D eigenvalue weighted by Gasteiger charge is -2.31. The third-order valence-corrected chi connectivity index (χ3v) is 4.94. The smallest absolute Gasteiger partial charge is 0.0998 e. The second-order valence-electron chi connectivity index (χ2n) is 6.54. The van der Waals surface area contributed by atoms with Crippen molar-refractivity contribution in [1.29, 1.82) is 10.7 Å². The summed E-state index contributed by atoms with van der Waals surface area (Å²) in [5.41, 5.74) is 4.04. The molecular formula is C22H20N4. The van der Waals surface area contributed by atoms with E-state index in [1.807, 2.05) is 36.4 Å². The largest absolute Gasteiger partial charge is 0.308 e. The van der Waals surface area contributed by atoms with E-state index in [4.69, 9.17) is 5.41 Å². The Morgan fingerprint density at radius 2 is 1.73 bits per heavy atom. The van der Waals surface area contributed by atoms with E-state index in [0.29, 0.717) is 0 Å². The number of nitrogens with zero attached hydrogens (tertiary/aromatic N) is 3. The molecular weight excluding hydrogens is 320 g/mol. The Hall–Kier alpha value is -3.16. The van der Waals surface area contributed by atoms with Gasteiger partial charge in [-0.15, -0.1) is 0 Å². The highest BCUT2D eigenvalue weighted by Gasteiger charge is 2.24. The molecule has 1 fully saturated rings. The second-order valence-corrected chi connectivity index (χ2v) is 6.54. The lowest BCUT2D eigenvalue weighted by Crippen LogP contribution is -2.36. The minimum atomic E-state index is 0.720. The summed E-state index contributed by atoms with van der Waals surface area (Å²) < 4.78 is 0. The third kappa shape index (κ3) is 2.94. The zero-order chi connectivity index (χ0) is 17.9. The number of nitriles is 1. The van der Waals surface area contributed by atoms with E-state index in [1.165, 1.54) is 11.8 Å². The molecule has 1 N–H and O–H groups in total. The normalized spacial score (nSPS) is 14.5. The highest BCUT2D eigenvalue weighted by atomic mass is 15.6. The molecule has 0 atom stereocenters. The molecule has 0 amide bonds. The Bertz CT molecular complexity index is 985. The summed E-state index contributed by atoms with van der Waals surface area (Å²) in [6, 6.07) is 22.6. The molecule has 0 radical (unpaired) electrons. The Labute approximate surface area is 153 Å². The maximum Gasteiger partial charge on any atom is 0.0998 e. The van der Waals surface area contributed by atoms with Crippen molar-refractivity contribution in [3.05, 3.63) is 77.4 Å². The minimum absolute atomic E-state index is 0.720. The lowest BCUT2D eigenvalue weighted by molar-refractivity contribution is 0.304. The molecule has 1 heterocycles. The Morgan fingerprint density at radius 1 is 0.962 bits per heavy atom. The highest BCUT2D eigenvalue weighted by molar-refractivity contribution is 5.97. The number of hydrogen-bond acceptors (Lipinski definition) is 4. The topological polar surface area (TPSA) is 54.1 Å². The van der Waals surface area contributed by atoms with Crippen LogP contribution in [0.4, 0.5) is 5.69 Å². The predicted octanol–water partition coefficient (Wildman–Crippen LogP) is 4.34. The first-order valence-electron chi connectivity index (χ1n) is 8.84. The van der Waals surface area contributed by atoms with Crippen LogP contribution < -0.4 is 5.01 Å². The summed E-state index contributed by atoms with van der Waals surface area (Å²) >= 11 is 0. The molecule has 0 bridgehead atoms. The Balaban J connectivity index is 1.67. The maximum atomic E-state index is 9.39. The summed E-state index contributed by atoms with van der Waals surface area (Å²) in [5.74, 6) is 0. The van der Waals surface area contributed by atoms with Crippen LogP contribution in [0, 0.1) is 16.7 Å². The van der Waals surface area contributed by atoms with Gasteiger partial charge in [0.05, 0.1) is 17.3 Å². The van der Waals surface area contributed by atoms with Gasteiger partial charge in [0.2, 0.25) is 0 Å². The van der Waals surface area contributed by atoms with Crippen molar-refractivity contribution in [3.63, 3.8) is 0 Å². The van der Waals surface area contributed by atoms with Gasteiger partial charge in [0, 0.05) is 36.6 Å². The van der Waals surface area contributed by atoms with Gasteiger partial charge in [0.25, 0.3) is 0 Å². The number of benzene rings is 3. The molecule has 1 aliphatic rings. The molecule has 4 rings (SSSR count). The monoisotopic (exact) mass is 340 g/mol. The summed E-state index contributed by atoms with van der Waals surface area (Å²) in [6.45, 7) is 2.84. The molecule has 0 unspecified atom stereocenters. The van der Waals surface area contributed by atoms with Crippen LogP contribution in [0.2, 0.25) is 0 Å². The van der Waals surface area contributed by atoms with Crippen LogP contribution in [0.25, 0.3) is 10.8 Å². The maximum absolute atomic E-state index is 9.39. The molecule has 3 aromatic rings. The van der Waals surface area contributed by atoms with Crippen molar-refractivity contribution >= 4 is 22.7 Å². The summed E-state index contributed by atoms with van der Waals surface area (Å²) in [7, 11) is 0. The first kappa shape index (κ1) is 16.3. The van der Waals surface area contributed by atoms with Gasteiger partial charge in [-0.3, -0.25) is 0 Å². The van der Waals surface area contributed by atoms with Crippen LogP contribution >= 0.6 is 0 Å². The minimum Gasteiger partial charge on any atom is -0.308 e. The number of anilines is 1. The van der Waals surface area contributed by atoms with Gasteiger partial charge in [0.15, 0.2) is 0 Å². The van der Waals surface area contributed by atoms with Gasteiger partial charge in [0.1, 0.15) is 0 Å². The molecule has 4 heteroatoms. The van der Waals surface area contributed by atoms with E-state index in [1.54, 1.807) is 0 Å². The van der Waals surface area contributed by atoms with E-state index in [9.17, 15) is 5.26 Å². The molecule has 0 aromatic heterocycles. The third-order valence-electron chi connectivity index (χ3n) is 4.94. The first-order chi connectivity index (χ1) is 12.8. The van der Waals surface area contributed by atoms with Gasteiger partial charge < -0.3 is 10.4 Å². The van der Waals surface area contributed by atoms with Gasteiger partial charge in [-0.05, 0) is 29.7 Å². The molecule has 0 spiro atoms. The van der Waals surface area contributed by atoms with Crippen molar-refractivity contribution in [2.45, 2.75) is 13.0 Å². The standard InChI is InChI=1S/C22H20N4/c23-14-17-6-8-18(9-7-17)16-25-12-3-13-26(25)22-11-10-19(15-24)20-4-1-2-5-21(20)22/h1-2,4-11,14,23H,3,12-13,16H2. The van der Waals surface area contributed by atoms with E-state index in [-0.39, 0.29) is 0 Å². The van der Waals surface area contributed by atoms with Crippen LogP contribution in [0.1, 0.15) is 23.1 Å². The Morgan fingerprint density at radius 3 is 2.46 bits per heavy atom. The molecule has 128 valence electrons. The molecule has 1 saturated heterocycles. The molecule has 0 saturated carbocycles. The summed E-state index contributed by atoms with van der Waals surface area (Å²) in [6.07, 6.45) is 2.49. The van der Waals surface area contributed by atoms with Crippen LogP contribution in [-0.4, -0.2) is 24.3 Å². The summed E-state index contributed by atoms with van der Waals surface area (Å²) in [4.78, 5) is 0. The first-order valence-corrected chi connectivity index (χ1v) is 8.84. The van der Waals surface area contributed by atoms with E-state index in [0.717, 1.165) is 53.6 Å². The number of hydrazine groups is 1. The van der Waals surface area contributed by atoms with E-state index in [2.05, 4.69) is 40.4 Å². The van der Waals surface area contributed by atoms with Crippen molar-refractivity contribution in [2.24, 2.45) is 0 Å². The van der Waals surface area contributed by atoms with Gasteiger partial charge >= 0.3 is 0 Å². The average Bonchev–Trinajstić information content (AvgIpc) is 3.15. The predicted molar refractivity (Wildman–Crippen MR) is 105 cm³/mol. The number of rotatable bonds is 4. The van der Waals surface area contributed by atoms with Crippen LogP contribution in [0.3, 0.4) is 0 Å². The van der Waals surface area contributed by atoms with Gasteiger partial charge in [-0.25, -0.2) is 5.01 Å². The lowest BCUT2D eigenvalue weighted by atomic mass is 10.0. The molecule has 3 aromatic carbocycles. The van der Waals surface area contributed by atoms with Crippen LogP contribution in [0.15, 0.2) is 60.7 Å². The number of nitrogens with one attached hydrogen (secondary N) is 1. The quantitative estimate of drug-likeness (QED) is 0.719. The molecule has 1 aliphatic heterocycles. The fraction of sp³-hybridized carbons (Fsp3) is 0.182. The van der Waals surface area contributed by atoms with Crippen molar-refractivity contribution < 1.29 is 0 Å². The fourth-order valence-corrected chi connectivity index (χ4v) is 3.64. The molecule has 0 aliphatic carbocycles. The number of hydrogen-bond donors (Lipinski definition) is 1. The van der Waals surface area contributed by atoms with Gasteiger partial charge in [-0.1, -0.05) is 48.5 Å². The zero-order valence-electron chi connectivity index (χ0n) is 14.5. The second kappa shape index (κ2) is 6.99.